The summed E-state index contributed by atoms with van der Waals surface area (Å²) in [7, 11) is 3.93. The van der Waals surface area contributed by atoms with Crippen molar-refractivity contribution >= 4 is 17.4 Å². The molecule has 22 heavy (non-hydrogen) atoms. The van der Waals surface area contributed by atoms with Crippen LogP contribution in [-0.4, -0.2) is 19.0 Å². The molecule has 0 bridgehead atoms. The van der Waals surface area contributed by atoms with Crippen LogP contribution in [0.3, 0.4) is 0 Å². The van der Waals surface area contributed by atoms with Crippen molar-refractivity contribution in [1.82, 2.24) is 4.90 Å². The molecule has 0 heterocycles. The van der Waals surface area contributed by atoms with Crippen molar-refractivity contribution in [2.75, 3.05) is 19.8 Å². The number of alkyl halides is 3. The summed E-state index contributed by atoms with van der Waals surface area (Å²) < 4.78 is 38.0. The van der Waals surface area contributed by atoms with E-state index in [1.807, 2.05) is 43.3 Å². The summed E-state index contributed by atoms with van der Waals surface area (Å²) in [6.45, 7) is 0.754. The van der Waals surface area contributed by atoms with Gasteiger partial charge in [-0.15, -0.1) is 0 Å². The first-order valence-electron chi connectivity index (χ1n) is 6.64. The third kappa shape index (κ3) is 4.18. The predicted molar refractivity (Wildman–Crippen MR) is 83.8 cm³/mol. The van der Waals surface area contributed by atoms with Gasteiger partial charge in [-0.2, -0.15) is 13.2 Å². The molecule has 0 aliphatic carbocycles. The molecule has 0 aliphatic rings. The number of hydrogen-bond donors (Lipinski definition) is 1. The predicted octanol–water partition coefficient (Wildman–Crippen LogP) is 4.50. The van der Waals surface area contributed by atoms with Gasteiger partial charge in [-0.1, -0.05) is 30.0 Å². The van der Waals surface area contributed by atoms with E-state index >= 15 is 0 Å². The Hall–Kier alpha value is -1.66. The van der Waals surface area contributed by atoms with Gasteiger partial charge in [-0.05, 0) is 43.9 Å². The van der Waals surface area contributed by atoms with E-state index in [2.05, 4.69) is 0 Å². The van der Waals surface area contributed by atoms with Gasteiger partial charge in [-0.25, -0.2) is 0 Å². The van der Waals surface area contributed by atoms with Gasteiger partial charge in [0.25, 0.3) is 0 Å². The first-order valence-corrected chi connectivity index (χ1v) is 7.46. The molecule has 0 saturated heterocycles. The Morgan fingerprint density at radius 1 is 1.05 bits per heavy atom. The Morgan fingerprint density at radius 3 is 2.32 bits per heavy atom. The number of nitrogens with two attached hydrogens (primary N) is 1. The van der Waals surface area contributed by atoms with Gasteiger partial charge in [-0.3, -0.25) is 0 Å². The Kier molecular flexibility index (Phi) is 5.03. The van der Waals surface area contributed by atoms with Crippen molar-refractivity contribution in [3.63, 3.8) is 0 Å². The standard InChI is InChI=1S/C16H17F3N2S/c1-21(2)10-11-5-3-4-6-14(11)22-15-8-7-12(9-13(15)20)16(17,18)19/h3-9H,10,20H2,1-2H3/i1-1. The number of nitrogens with zero attached hydrogens (tertiary/aromatic N) is 1. The molecule has 0 amide bonds. The van der Waals surface area contributed by atoms with E-state index in [1.165, 1.54) is 17.8 Å². The molecule has 0 fully saturated rings. The van der Waals surface area contributed by atoms with Crippen LogP contribution in [0.5, 0.6) is 0 Å². The monoisotopic (exact) mass is 325 g/mol. The molecule has 0 radical (unpaired) electrons. The van der Waals surface area contributed by atoms with E-state index in [1.54, 1.807) is 0 Å². The van der Waals surface area contributed by atoms with Crippen LogP contribution >= 0.6 is 11.8 Å². The van der Waals surface area contributed by atoms with Crippen LogP contribution in [0.1, 0.15) is 11.1 Å². The van der Waals surface area contributed by atoms with Crippen LogP contribution in [0.2, 0.25) is 0 Å². The van der Waals surface area contributed by atoms with Gasteiger partial charge in [0.05, 0.1) is 5.56 Å². The molecule has 2 rings (SSSR count). The zero-order chi connectivity index (χ0) is 16.3. The highest BCUT2D eigenvalue weighted by Gasteiger charge is 2.30. The van der Waals surface area contributed by atoms with Crippen LogP contribution in [0, 0.1) is 0 Å². The third-order valence-electron chi connectivity index (χ3n) is 3.02. The molecule has 0 spiro atoms. The van der Waals surface area contributed by atoms with E-state index in [4.69, 9.17) is 5.73 Å². The van der Waals surface area contributed by atoms with Gasteiger partial charge in [0, 0.05) is 22.0 Å². The summed E-state index contributed by atoms with van der Waals surface area (Å²) in [6, 6.07) is 11.3. The van der Waals surface area contributed by atoms with Crippen LogP contribution in [0.4, 0.5) is 18.9 Å². The number of anilines is 1. The second kappa shape index (κ2) is 6.62. The highest BCUT2D eigenvalue weighted by atomic mass is 32.2. The molecular weight excluding hydrogens is 308 g/mol. The van der Waals surface area contributed by atoms with Crippen molar-refractivity contribution in [2.45, 2.75) is 22.5 Å². The van der Waals surface area contributed by atoms with Crippen molar-refractivity contribution in [3.05, 3.63) is 53.6 Å². The van der Waals surface area contributed by atoms with Gasteiger partial charge in [0.2, 0.25) is 0 Å². The third-order valence-corrected chi connectivity index (χ3v) is 4.23. The minimum atomic E-state index is -4.37. The van der Waals surface area contributed by atoms with Crippen molar-refractivity contribution in [3.8, 4) is 0 Å². The quantitative estimate of drug-likeness (QED) is 0.839. The van der Waals surface area contributed by atoms with Gasteiger partial charge in [0.15, 0.2) is 0 Å². The highest BCUT2D eigenvalue weighted by molar-refractivity contribution is 7.99. The maximum atomic E-state index is 12.7. The smallest absolute Gasteiger partial charge is 0.398 e. The lowest BCUT2D eigenvalue weighted by atomic mass is 10.2. The maximum absolute atomic E-state index is 12.7. The summed E-state index contributed by atoms with van der Waals surface area (Å²) in [4.78, 5) is 3.65. The highest BCUT2D eigenvalue weighted by Crippen LogP contribution is 2.38. The Balaban J connectivity index is 2.28. The number of benzene rings is 2. The summed E-state index contributed by atoms with van der Waals surface area (Å²) in [5.74, 6) is 0. The first kappa shape index (κ1) is 16.7. The van der Waals surface area contributed by atoms with E-state index < -0.39 is 11.7 Å². The van der Waals surface area contributed by atoms with E-state index in [0.29, 0.717) is 4.90 Å². The SMILES string of the molecule is CN([11CH3])Cc1ccccc1Sc1ccc(C(F)(F)F)cc1N. The Bertz CT molecular complexity index is 654. The molecule has 0 aromatic heterocycles. The summed E-state index contributed by atoms with van der Waals surface area (Å²) in [5, 5.41) is 0. The van der Waals surface area contributed by atoms with E-state index in [-0.39, 0.29) is 5.69 Å². The van der Waals surface area contributed by atoms with Crippen LogP contribution < -0.4 is 5.73 Å². The second-order valence-electron chi connectivity index (χ2n) is 5.20. The fraction of sp³-hybridized carbons (Fsp3) is 0.250. The molecule has 2 nitrogen and oxygen atoms in total. The number of hydrogen-bond acceptors (Lipinski definition) is 3. The number of rotatable bonds is 4. The summed E-state index contributed by atoms with van der Waals surface area (Å²) >= 11 is 1.38. The molecule has 6 heteroatoms. The normalized spacial score (nSPS) is 11.9. The molecule has 0 atom stereocenters. The zero-order valence-electron chi connectivity index (χ0n) is 12.3. The molecular formula is C16H17F3N2S. The summed E-state index contributed by atoms with van der Waals surface area (Å²) in [6.07, 6.45) is -4.37. The minimum Gasteiger partial charge on any atom is -0.398 e. The maximum Gasteiger partial charge on any atom is 0.416 e. The molecule has 0 unspecified atom stereocenters. The van der Waals surface area contributed by atoms with Crippen molar-refractivity contribution in [1.29, 1.82) is 0 Å². The fourth-order valence-electron chi connectivity index (χ4n) is 2.01. The van der Waals surface area contributed by atoms with Gasteiger partial charge in [0.1, 0.15) is 0 Å². The van der Waals surface area contributed by atoms with Gasteiger partial charge >= 0.3 is 6.18 Å². The molecule has 2 N–H and O–H groups in total. The molecule has 2 aromatic rings. The fourth-order valence-corrected chi connectivity index (χ4v) is 2.97. The van der Waals surface area contributed by atoms with E-state index in [9.17, 15) is 13.2 Å². The van der Waals surface area contributed by atoms with Crippen LogP contribution in [0.25, 0.3) is 0 Å². The lowest BCUT2D eigenvalue weighted by Gasteiger charge is -2.15. The molecule has 2 aromatic carbocycles. The lowest BCUT2D eigenvalue weighted by molar-refractivity contribution is -0.137. The van der Waals surface area contributed by atoms with Crippen LogP contribution in [-0.2, 0) is 12.7 Å². The molecule has 118 valence electrons. The first-order chi connectivity index (χ1) is 10.3. The Labute approximate surface area is 132 Å². The number of halogens is 3. The van der Waals surface area contributed by atoms with Crippen molar-refractivity contribution in [2.24, 2.45) is 0 Å². The van der Waals surface area contributed by atoms with Crippen LogP contribution in [0.15, 0.2) is 52.3 Å². The van der Waals surface area contributed by atoms with Crippen molar-refractivity contribution < 1.29 is 13.2 Å². The van der Waals surface area contributed by atoms with E-state index in [0.717, 1.165) is 29.1 Å². The zero-order valence-corrected chi connectivity index (χ0v) is 13.1. The van der Waals surface area contributed by atoms with Gasteiger partial charge < -0.3 is 10.6 Å². The minimum absolute atomic E-state index is 0.138. The largest absolute Gasteiger partial charge is 0.416 e. The number of nitrogen functional groups attached to an aromatic ring is 1. The summed E-state index contributed by atoms with van der Waals surface area (Å²) in [5.41, 5.74) is 6.31. The topological polar surface area (TPSA) is 29.3 Å². The second-order valence-corrected chi connectivity index (χ2v) is 6.28. The molecule has 0 saturated carbocycles. The molecule has 0 aliphatic heterocycles. The average molecular weight is 325 g/mol. The lowest BCUT2D eigenvalue weighted by Crippen LogP contribution is -2.11. The Morgan fingerprint density at radius 2 is 1.73 bits per heavy atom. The average Bonchev–Trinajstić information content (AvgIpc) is 2.41.